The van der Waals surface area contributed by atoms with Crippen LogP contribution in [-0.4, -0.2) is 4.98 Å². The van der Waals surface area contributed by atoms with Crippen molar-refractivity contribution in [2.75, 3.05) is 5.32 Å². The van der Waals surface area contributed by atoms with Crippen LogP contribution in [0.1, 0.15) is 35.2 Å². The minimum Gasteiger partial charge on any atom is -0.362 e. The zero-order chi connectivity index (χ0) is 13.8. The summed E-state index contributed by atoms with van der Waals surface area (Å²) in [5.74, 6) is 0.637. The van der Waals surface area contributed by atoms with Crippen LogP contribution in [0.3, 0.4) is 0 Å². The molecule has 1 aromatic heterocycles. The fourth-order valence-corrected chi connectivity index (χ4v) is 2.14. The normalized spacial score (nSPS) is 11.7. The average Bonchev–Trinajstić information content (AvgIpc) is 2.42. The van der Waals surface area contributed by atoms with Gasteiger partial charge in [0.15, 0.2) is 0 Å². The molecule has 0 fully saturated rings. The fraction of sp³-hybridized carbons (Fsp3) is 0.250. The van der Waals surface area contributed by atoms with Crippen molar-refractivity contribution >= 4 is 5.82 Å². The average molecular weight is 251 g/mol. The van der Waals surface area contributed by atoms with Crippen molar-refractivity contribution < 1.29 is 0 Å². The lowest BCUT2D eigenvalue weighted by Gasteiger charge is -2.18. The molecule has 1 N–H and O–H groups in total. The van der Waals surface area contributed by atoms with Gasteiger partial charge in [0.05, 0.1) is 11.6 Å². The molecule has 1 heterocycles. The number of pyridine rings is 1. The van der Waals surface area contributed by atoms with Crippen molar-refractivity contribution in [2.24, 2.45) is 0 Å². The minimum absolute atomic E-state index is 0.113. The van der Waals surface area contributed by atoms with E-state index in [0.29, 0.717) is 11.4 Å². The monoisotopic (exact) mass is 251 g/mol. The largest absolute Gasteiger partial charge is 0.362 e. The Morgan fingerprint density at radius 3 is 2.74 bits per heavy atom. The summed E-state index contributed by atoms with van der Waals surface area (Å²) in [5, 5.41) is 12.4. The van der Waals surface area contributed by atoms with Gasteiger partial charge in [-0.05, 0) is 49.6 Å². The third-order valence-corrected chi connectivity index (χ3v) is 3.39. The second-order valence-corrected chi connectivity index (χ2v) is 4.67. The number of aromatic nitrogens is 1. The van der Waals surface area contributed by atoms with Gasteiger partial charge in [0, 0.05) is 6.20 Å². The molecule has 3 nitrogen and oxygen atoms in total. The molecule has 96 valence electrons. The van der Waals surface area contributed by atoms with Crippen LogP contribution in [0.25, 0.3) is 0 Å². The molecule has 1 atom stereocenters. The lowest BCUT2D eigenvalue weighted by atomic mass is 9.98. The van der Waals surface area contributed by atoms with Gasteiger partial charge in [0.2, 0.25) is 0 Å². The van der Waals surface area contributed by atoms with Crippen molar-refractivity contribution in [3.63, 3.8) is 0 Å². The van der Waals surface area contributed by atoms with Crippen LogP contribution in [0.2, 0.25) is 0 Å². The molecule has 0 saturated heterocycles. The number of nitrogens with one attached hydrogen (secondary N) is 1. The molecule has 0 aliphatic heterocycles. The second kappa shape index (κ2) is 5.53. The second-order valence-electron chi connectivity index (χ2n) is 4.67. The quantitative estimate of drug-likeness (QED) is 0.904. The Labute approximate surface area is 113 Å². The van der Waals surface area contributed by atoms with Crippen LogP contribution in [-0.2, 0) is 0 Å². The number of nitrogens with zero attached hydrogens (tertiary/aromatic N) is 2. The molecule has 2 rings (SSSR count). The van der Waals surface area contributed by atoms with Gasteiger partial charge in [-0.15, -0.1) is 0 Å². The lowest BCUT2D eigenvalue weighted by Crippen LogP contribution is -2.11. The van der Waals surface area contributed by atoms with Gasteiger partial charge in [-0.2, -0.15) is 5.26 Å². The summed E-state index contributed by atoms with van der Waals surface area (Å²) < 4.78 is 0. The SMILES string of the molecule is Cc1cccc(C(C)Nc2ncccc2C#N)c1C. The Morgan fingerprint density at radius 2 is 2.00 bits per heavy atom. The maximum atomic E-state index is 9.07. The van der Waals surface area contributed by atoms with Gasteiger partial charge in [-0.25, -0.2) is 4.98 Å². The molecule has 0 bridgehead atoms. The number of benzene rings is 1. The molecule has 1 aromatic carbocycles. The number of hydrogen-bond donors (Lipinski definition) is 1. The predicted molar refractivity (Wildman–Crippen MR) is 76.9 cm³/mol. The van der Waals surface area contributed by atoms with Crippen molar-refractivity contribution in [3.05, 3.63) is 58.8 Å². The highest BCUT2D eigenvalue weighted by molar-refractivity contribution is 5.53. The molecular formula is C16H17N3. The first-order valence-electron chi connectivity index (χ1n) is 6.31. The summed E-state index contributed by atoms with van der Waals surface area (Å²) in [6, 6.07) is 12.1. The highest BCUT2D eigenvalue weighted by atomic mass is 15.0. The zero-order valence-corrected chi connectivity index (χ0v) is 11.4. The van der Waals surface area contributed by atoms with Crippen LogP contribution in [0.4, 0.5) is 5.82 Å². The van der Waals surface area contributed by atoms with Gasteiger partial charge >= 0.3 is 0 Å². The molecule has 0 aliphatic rings. The smallest absolute Gasteiger partial charge is 0.144 e. The molecule has 0 amide bonds. The summed E-state index contributed by atoms with van der Waals surface area (Å²) in [5.41, 5.74) is 4.35. The van der Waals surface area contributed by atoms with E-state index in [1.807, 2.05) is 0 Å². The Kier molecular flexibility index (Phi) is 3.82. The Hall–Kier alpha value is -2.34. The van der Waals surface area contributed by atoms with E-state index in [-0.39, 0.29) is 6.04 Å². The van der Waals surface area contributed by atoms with Gasteiger partial charge in [-0.1, -0.05) is 18.2 Å². The number of hydrogen-bond acceptors (Lipinski definition) is 3. The van der Waals surface area contributed by atoms with Gasteiger partial charge < -0.3 is 5.32 Å². The Balaban J connectivity index is 2.29. The summed E-state index contributed by atoms with van der Waals surface area (Å²) in [6.07, 6.45) is 1.69. The van der Waals surface area contributed by atoms with Crippen molar-refractivity contribution in [1.82, 2.24) is 4.98 Å². The Bertz CT molecular complexity index is 626. The van der Waals surface area contributed by atoms with Gasteiger partial charge in [-0.3, -0.25) is 0 Å². The van der Waals surface area contributed by atoms with Gasteiger partial charge in [0.1, 0.15) is 11.9 Å². The van der Waals surface area contributed by atoms with E-state index in [1.54, 1.807) is 18.3 Å². The molecule has 3 heteroatoms. The molecule has 0 spiro atoms. The molecule has 0 aliphatic carbocycles. The predicted octanol–water partition coefficient (Wildman–Crippen LogP) is 3.74. The summed E-state index contributed by atoms with van der Waals surface area (Å²) in [7, 11) is 0. The highest BCUT2D eigenvalue weighted by Gasteiger charge is 2.11. The van der Waals surface area contributed by atoms with E-state index in [2.05, 4.69) is 55.3 Å². The molecule has 19 heavy (non-hydrogen) atoms. The van der Waals surface area contributed by atoms with Crippen LogP contribution >= 0.6 is 0 Å². The van der Waals surface area contributed by atoms with E-state index in [1.165, 1.54) is 16.7 Å². The lowest BCUT2D eigenvalue weighted by molar-refractivity contribution is 0.861. The van der Waals surface area contributed by atoms with Crippen molar-refractivity contribution in [3.8, 4) is 6.07 Å². The first-order chi connectivity index (χ1) is 9.13. The number of anilines is 1. The molecule has 0 saturated carbocycles. The van der Waals surface area contributed by atoms with Crippen LogP contribution < -0.4 is 5.32 Å². The van der Waals surface area contributed by atoms with Crippen molar-refractivity contribution in [1.29, 1.82) is 5.26 Å². The summed E-state index contributed by atoms with van der Waals surface area (Å²) in [6.45, 7) is 6.30. The fourth-order valence-electron chi connectivity index (χ4n) is 2.14. The topological polar surface area (TPSA) is 48.7 Å². The zero-order valence-electron chi connectivity index (χ0n) is 11.4. The van der Waals surface area contributed by atoms with Crippen LogP contribution in [0, 0.1) is 25.2 Å². The minimum atomic E-state index is 0.113. The first kappa shape index (κ1) is 13.1. The number of rotatable bonds is 3. The summed E-state index contributed by atoms with van der Waals surface area (Å²) >= 11 is 0. The van der Waals surface area contributed by atoms with E-state index in [4.69, 9.17) is 5.26 Å². The Morgan fingerprint density at radius 1 is 1.21 bits per heavy atom. The molecule has 1 unspecified atom stereocenters. The summed E-state index contributed by atoms with van der Waals surface area (Å²) in [4.78, 5) is 4.23. The molecular weight excluding hydrogens is 234 g/mol. The van der Waals surface area contributed by atoms with Crippen LogP contribution in [0.5, 0.6) is 0 Å². The van der Waals surface area contributed by atoms with E-state index >= 15 is 0 Å². The van der Waals surface area contributed by atoms with E-state index in [9.17, 15) is 0 Å². The maximum Gasteiger partial charge on any atom is 0.144 e. The van der Waals surface area contributed by atoms with Crippen LogP contribution in [0.15, 0.2) is 36.5 Å². The third-order valence-electron chi connectivity index (χ3n) is 3.39. The third kappa shape index (κ3) is 2.74. The number of aryl methyl sites for hydroxylation is 1. The molecule has 2 aromatic rings. The molecule has 0 radical (unpaired) electrons. The van der Waals surface area contributed by atoms with E-state index in [0.717, 1.165) is 0 Å². The van der Waals surface area contributed by atoms with Crippen molar-refractivity contribution in [2.45, 2.75) is 26.8 Å². The standard InChI is InChI=1S/C16H17N3/c1-11-6-4-8-15(12(11)2)13(3)19-16-14(10-17)7-5-9-18-16/h4-9,13H,1-3H3,(H,18,19). The first-order valence-corrected chi connectivity index (χ1v) is 6.31. The van der Waals surface area contributed by atoms with E-state index < -0.39 is 0 Å². The maximum absolute atomic E-state index is 9.07. The highest BCUT2D eigenvalue weighted by Crippen LogP contribution is 2.24. The van der Waals surface area contributed by atoms with Gasteiger partial charge in [0.25, 0.3) is 0 Å². The number of nitriles is 1.